The fourth-order valence-corrected chi connectivity index (χ4v) is 6.40. The molecule has 15 atom stereocenters. The number of aliphatic hydroxyl groups excluding tert-OH is 5. The van der Waals surface area contributed by atoms with Crippen LogP contribution in [0.5, 0.6) is 0 Å². The molecule has 0 bridgehead atoms. The first-order chi connectivity index (χ1) is 23.3. The topological polar surface area (TPSA) is 331 Å². The summed E-state index contributed by atoms with van der Waals surface area (Å²) in [5, 5.41) is 59.3. The number of hydrogen-bond donors (Lipinski definition) is 12. The third kappa shape index (κ3) is 13.7. The Bertz CT molecular complexity index is 914. The first-order valence-corrected chi connectivity index (χ1v) is 17.9. The summed E-state index contributed by atoms with van der Waals surface area (Å²) in [6.07, 6.45) is 2.54. The lowest BCUT2D eigenvalue weighted by molar-refractivity contribution is -0.314. The average molecular weight is 711 g/mol. The standard InChI is InChI=1S/C18H37N5O9.C14H29NO2/c19-3-9-8(25)2-7(22)17(29-9)31-15-5(20)1-6(21)16(14(15)28)32-18-13(27)11(23)12(26)10(4-24)30-18;1-2-3-4-5-6-7-8-9-10-11-12-13(15)14(16)17/h5-18,24-28H,1-4,19-23H2;13H,2-12,15H2,1H3,(H,16,17)/t5-,6+,7+,8-,9+,10+,11-,12+,13+,14-,15+,16-,17+,18+;/m0./s1. The molecule has 1 saturated carbocycles. The van der Waals surface area contributed by atoms with Gasteiger partial charge in [-0.15, -0.1) is 0 Å². The molecule has 17 nitrogen and oxygen atoms in total. The van der Waals surface area contributed by atoms with Crippen LogP contribution in [0.4, 0.5) is 0 Å². The molecule has 2 heterocycles. The molecule has 0 spiro atoms. The van der Waals surface area contributed by atoms with Gasteiger partial charge in [-0.2, -0.15) is 0 Å². The normalized spacial score (nSPS) is 38.8. The van der Waals surface area contributed by atoms with Crippen molar-refractivity contribution < 1.29 is 54.4 Å². The van der Waals surface area contributed by atoms with Crippen LogP contribution in [0.2, 0.25) is 0 Å². The van der Waals surface area contributed by atoms with Crippen LogP contribution in [0.15, 0.2) is 0 Å². The van der Waals surface area contributed by atoms with Crippen molar-refractivity contribution in [3.8, 4) is 0 Å². The number of nitrogens with two attached hydrogens (primary N) is 6. The van der Waals surface area contributed by atoms with Crippen molar-refractivity contribution in [2.45, 2.75) is 182 Å². The lowest BCUT2D eigenvalue weighted by atomic mass is 9.84. The van der Waals surface area contributed by atoms with E-state index in [4.69, 9.17) is 58.5 Å². The number of aliphatic hydroxyl groups is 5. The van der Waals surface area contributed by atoms with E-state index in [1.165, 1.54) is 51.4 Å². The first-order valence-electron chi connectivity index (χ1n) is 17.9. The molecular formula is C32H66N6O11. The van der Waals surface area contributed by atoms with Crippen LogP contribution in [-0.2, 0) is 23.7 Å². The van der Waals surface area contributed by atoms with Gasteiger partial charge in [0.1, 0.15) is 42.7 Å². The van der Waals surface area contributed by atoms with Gasteiger partial charge >= 0.3 is 5.97 Å². The second kappa shape index (κ2) is 22.7. The highest BCUT2D eigenvalue weighted by Gasteiger charge is 2.50. The van der Waals surface area contributed by atoms with Gasteiger partial charge in [-0.1, -0.05) is 71.1 Å². The van der Waals surface area contributed by atoms with Gasteiger partial charge < -0.3 is 84.0 Å². The Balaban J connectivity index is 0.000000417. The molecule has 0 aromatic heterocycles. The number of rotatable bonds is 18. The van der Waals surface area contributed by atoms with Crippen molar-refractivity contribution >= 4 is 5.97 Å². The van der Waals surface area contributed by atoms with Gasteiger partial charge in [0.15, 0.2) is 12.6 Å². The van der Waals surface area contributed by atoms with E-state index in [0.717, 1.165) is 12.8 Å². The van der Waals surface area contributed by atoms with E-state index >= 15 is 0 Å². The molecule has 2 aliphatic heterocycles. The fraction of sp³-hybridized carbons (Fsp3) is 0.969. The van der Waals surface area contributed by atoms with Crippen LogP contribution in [0.25, 0.3) is 0 Å². The van der Waals surface area contributed by atoms with Crippen molar-refractivity contribution in [3.05, 3.63) is 0 Å². The monoisotopic (exact) mass is 710 g/mol. The van der Waals surface area contributed by atoms with Gasteiger partial charge in [0.25, 0.3) is 0 Å². The molecule has 0 aromatic carbocycles. The predicted molar refractivity (Wildman–Crippen MR) is 180 cm³/mol. The fourth-order valence-electron chi connectivity index (χ4n) is 6.40. The minimum Gasteiger partial charge on any atom is -0.480 e. The lowest BCUT2D eigenvalue weighted by Crippen LogP contribution is -2.68. The van der Waals surface area contributed by atoms with Gasteiger partial charge in [0, 0.05) is 18.6 Å². The summed E-state index contributed by atoms with van der Waals surface area (Å²) < 4.78 is 22.7. The van der Waals surface area contributed by atoms with Crippen LogP contribution in [0.1, 0.15) is 90.4 Å². The second-order valence-electron chi connectivity index (χ2n) is 13.7. The SMILES string of the molecule is CCCCCCCCCCCCC(N)C(=O)O.NC[C@H]1O[C@H](O[C@H]2[C@H](O)[C@@H](O[C@H]3O[C@H](CO)[C@@H](O)[C@H](N)[C@H]3O)[C@H](N)C[C@@H]2N)[C@H](N)C[C@@H]1O. The quantitative estimate of drug-likeness (QED) is 0.0649. The summed E-state index contributed by atoms with van der Waals surface area (Å²) in [6, 6.07) is -3.93. The highest BCUT2D eigenvalue weighted by atomic mass is 16.7. The zero-order valence-electron chi connectivity index (χ0n) is 29.0. The summed E-state index contributed by atoms with van der Waals surface area (Å²) in [7, 11) is 0. The van der Waals surface area contributed by atoms with E-state index < -0.39 is 104 Å². The van der Waals surface area contributed by atoms with Gasteiger partial charge in [-0.3, -0.25) is 4.79 Å². The zero-order chi connectivity index (χ0) is 36.7. The second-order valence-corrected chi connectivity index (χ2v) is 13.7. The van der Waals surface area contributed by atoms with Gasteiger partial charge in [-0.05, 0) is 19.3 Å². The Morgan fingerprint density at radius 1 is 0.735 bits per heavy atom. The van der Waals surface area contributed by atoms with E-state index in [0.29, 0.717) is 6.42 Å². The molecule has 0 amide bonds. The van der Waals surface area contributed by atoms with Gasteiger partial charge in [0.2, 0.25) is 0 Å². The molecule has 3 rings (SSSR count). The molecule has 3 aliphatic rings. The molecule has 17 heteroatoms. The van der Waals surface area contributed by atoms with Crippen LogP contribution < -0.4 is 34.4 Å². The van der Waals surface area contributed by atoms with Crippen LogP contribution >= 0.6 is 0 Å². The van der Waals surface area contributed by atoms with Crippen molar-refractivity contribution in [1.82, 2.24) is 0 Å². The number of carboxylic acid groups (broad SMARTS) is 1. The van der Waals surface area contributed by atoms with Crippen molar-refractivity contribution in [3.63, 3.8) is 0 Å². The van der Waals surface area contributed by atoms with Crippen molar-refractivity contribution in [2.75, 3.05) is 13.2 Å². The first kappa shape index (κ1) is 44.0. The van der Waals surface area contributed by atoms with E-state index in [2.05, 4.69) is 6.92 Å². The maximum absolute atomic E-state index is 11.0. The van der Waals surface area contributed by atoms with Crippen LogP contribution in [0, 0.1) is 0 Å². The maximum Gasteiger partial charge on any atom is 0.320 e. The van der Waals surface area contributed by atoms with Gasteiger partial charge in [-0.25, -0.2) is 0 Å². The Kier molecular flexibility index (Phi) is 20.4. The summed E-state index contributed by atoms with van der Waals surface area (Å²) in [6.45, 7) is 1.74. The van der Waals surface area contributed by atoms with Crippen molar-refractivity contribution in [1.29, 1.82) is 0 Å². The summed E-state index contributed by atoms with van der Waals surface area (Å²) >= 11 is 0. The Hall–Kier alpha value is -1.13. The smallest absolute Gasteiger partial charge is 0.320 e. The summed E-state index contributed by atoms with van der Waals surface area (Å²) in [5.41, 5.74) is 35.2. The highest BCUT2D eigenvalue weighted by Crippen LogP contribution is 2.30. The molecule has 1 unspecified atom stereocenters. The average Bonchev–Trinajstić information content (AvgIpc) is 3.06. The number of hydrogen-bond acceptors (Lipinski definition) is 16. The Morgan fingerprint density at radius 2 is 1.24 bits per heavy atom. The number of unbranched alkanes of at least 4 members (excludes halogenated alkanes) is 9. The molecule has 2 saturated heterocycles. The number of aliphatic carboxylic acids is 1. The minimum absolute atomic E-state index is 0.0542. The van der Waals surface area contributed by atoms with E-state index in [1.807, 2.05) is 0 Å². The number of carboxylic acids is 1. The number of carbonyl (C=O) groups is 1. The molecule has 0 aromatic rings. The minimum atomic E-state index is -1.44. The molecule has 1 aliphatic carbocycles. The van der Waals surface area contributed by atoms with Crippen LogP contribution in [0.3, 0.4) is 0 Å². The highest BCUT2D eigenvalue weighted by molar-refractivity contribution is 5.72. The summed E-state index contributed by atoms with van der Waals surface area (Å²) in [4.78, 5) is 10.5. The third-order valence-electron chi connectivity index (χ3n) is 9.60. The Morgan fingerprint density at radius 3 is 1.76 bits per heavy atom. The largest absolute Gasteiger partial charge is 0.480 e. The maximum atomic E-state index is 11.0. The van der Waals surface area contributed by atoms with E-state index in [9.17, 15) is 30.3 Å². The van der Waals surface area contributed by atoms with Crippen molar-refractivity contribution in [2.24, 2.45) is 34.4 Å². The van der Waals surface area contributed by atoms with E-state index in [1.54, 1.807) is 0 Å². The molecule has 49 heavy (non-hydrogen) atoms. The molecule has 18 N–H and O–H groups in total. The van der Waals surface area contributed by atoms with Gasteiger partial charge in [0.05, 0.1) is 30.9 Å². The molecule has 290 valence electrons. The van der Waals surface area contributed by atoms with E-state index in [-0.39, 0.29) is 19.4 Å². The molecule has 0 radical (unpaired) electrons. The summed E-state index contributed by atoms with van der Waals surface area (Å²) in [5.74, 6) is -0.874. The Labute approximate surface area is 289 Å². The van der Waals surface area contributed by atoms with Crippen LogP contribution in [-0.4, -0.2) is 141 Å². The predicted octanol–water partition coefficient (Wildman–Crippen LogP) is -2.59. The molecule has 3 fully saturated rings. The molecular weight excluding hydrogens is 644 g/mol. The third-order valence-corrected chi connectivity index (χ3v) is 9.60. The zero-order valence-corrected chi connectivity index (χ0v) is 29.0. The lowest BCUT2D eigenvalue weighted by Gasteiger charge is -2.47. The number of ether oxygens (including phenoxy) is 4.